The lowest BCUT2D eigenvalue weighted by Gasteiger charge is -2.29. The maximum atomic E-state index is 14.9. The molecule has 0 saturated carbocycles. The summed E-state index contributed by atoms with van der Waals surface area (Å²) in [5.74, 6) is -2.60. The van der Waals surface area contributed by atoms with Gasteiger partial charge in [-0.15, -0.1) is 0 Å². The first-order valence-electron chi connectivity index (χ1n) is 11.2. The molecule has 2 aromatic rings. The summed E-state index contributed by atoms with van der Waals surface area (Å²) in [7, 11) is 0. The number of halogens is 3. The third-order valence-corrected chi connectivity index (χ3v) is 5.54. The topological polar surface area (TPSA) is 27.7 Å². The number of benzene rings is 2. The lowest BCUT2D eigenvalue weighted by atomic mass is 9.90. The lowest BCUT2D eigenvalue weighted by molar-refractivity contribution is -0.168. The van der Waals surface area contributed by atoms with Crippen LogP contribution in [0, 0.1) is 17.5 Å². The SMILES string of the molecule is CCCCCOC1CCC(c2ccc(-c3ccc(OCCC)c(F)c3)c(F)c2F)CO1. The Morgan fingerprint density at radius 3 is 2.45 bits per heavy atom. The molecule has 3 rings (SSSR count). The van der Waals surface area contributed by atoms with E-state index in [4.69, 9.17) is 14.2 Å². The molecule has 1 aliphatic heterocycles. The lowest BCUT2D eigenvalue weighted by Crippen LogP contribution is -2.28. The number of hydrogen-bond acceptors (Lipinski definition) is 3. The van der Waals surface area contributed by atoms with E-state index in [1.54, 1.807) is 6.07 Å². The van der Waals surface area contributed by atoms with Gasteiger partial charge < -0.3 is 14.2 Å². The second-order valence-electron chi connectivity index (χ2n) is 7.94. The maximum absolute atomic E-state index is 14.9. The van der Waals surface area contributed by atoms with Crippen LogP contribution in [0.5, 0.6) is 5.75 Å². The van der Waals surface area contributed by atoms with E-state index in [1.165, 1.54) is 24.3 Å². The number of rotatable bonds is 10. The van der Waals surface area contributed by atoms with E-state index in [0.29, 0.717) is 26.1 Å². The fourth-order valence-corrected chi connectivity index (χ4v) is 3.77. The van der Waals surface area contributed by atoms with E-state index < -0.39 is 17.5 Å². The zero-order chi connectivity index (χ0) is 22.2. The quantitative estimate of drug-likeness (QED) is 0.376. The minimum Gasteiger partial charge on any atom is -0.491 e. The molecule has 0 aromatic heterocycles. The van der Waals surface area contributed by atoms with Gasteiger partial charge >= 0.3 is 0 Å². The number of ether oxygens (including phenoxy) is 3. The first-order valence-corrected chi connectivity index (χ1v) is 11.2. The first-order chi connectivity index (χ1) is 15.0. The van der Waals surface area contributed by atoms with Gasteiger partial charge in [-0.2, -0.15) is 0 Å². The molecule has 0 radical (unpaired) electrons. The van der Waals surface area contributed by atoms with Crippen molar-refractivity contribution >= 4 is 0 Å². The highest BCUT2D eigenvalue weighted by atomic mass is 19.2. The van der Waals surface area contributed by atoms with Gasteiger partial charge in [0, 0.05) is 18.1 Å². The molecule has 0 N–H and O–H groups in total. The van der Waals surface area contributed by atoms with Crippen molar-refractivity contribution < 1.29 is 27.4 Å². The molecule has 2 atom stereocenters. The normalized spacial score (nSPS) is 18.9. The van der Waals surface area contributed by atoms with Gasteiger partial charge in [-0.05, 0) is 48.9 Å². The van der Waals surface area contributed by atoms with Gasteiger partial charge in [-0.3, -0.25) is 0 Å². The van der Waals surface area contributed by atoms with Gasteiger partial charge in [-0.1, -0.05) is 44.9 Å². The van der Waals surface area contributed by atoms with Gasteiger partial charge in [0.2, 0.25) is 0 Å². The zero-order valence-electron chi connectivity index (χ0n) is 18.3. The Morgan fingerprint density at radius 2 is 1.77 bits per heavy atom. The summed E-state index contributed by atoms with van der Waals surface area (Å²) in [6.07, 6.45) is 5.01. The van der Waals surface area contributed by atoms with Crippen molar-refractivity contribution in [3.63, 3.8) is 0 Å². The summed E-state index contributed by atoms with van der Waals surface area (Å²) >= 11 is 0. The summed E-state index contributed by atoms with van der Waals surface area (Å²) < 4.78 is 60.7. The minimum atomic E-state index is -0.975. The van der Waals surface area contributed by atoms with E-state index in [9.17, 15) is 13.2 Å². The summed E-state index contributed by atoms with van der Waals surface area (Å²) in [5.41, 5.74) is 0.579. The Hall–Kier alpha value is -2.05. The molecule has 1 heterocycles. The van der Waals surface area contributed by atoms with Crippen molar-refractivity contribution in [3.05, 3.63) is 53.3 Å². The minimum absolute atomic E-state index is 0.0241. The summed E-state index contributed by atoms with van der Waals surface area (Å²) in [6, 6.07) is 7.23. The van der Waals surface area contributed by atoms with Crippen molar-refractivity contribution in [1.82, 2.24) is 0 Å². The van der Waals surface area contributed by atoms with Crippen molar-refractivity contribution in [2.24, 2.45) is 0 Å². The summed E-state index contributed by atoms with van der Waals surface area (Å²) in [4.78, 5) is 0. The number of unbranched alkanes of at least 4 members (excludes halogenated alkanes) is 2. The molecule has 0 amide bonds. The van der Waals surface area contributed by atoms with E-state index in [0.717, 1.165) is 25.7 Å². The van der Waals surface area contributed by atoms with Gasteiger partial charge in [0.25, 0.3) is 0 Å². The van der Waals surface area contributed by atoms with Gasteiger partial charge in [-0.25, -0.2) is 13.2 Å². The molecular formula is C25H31F3O3. The van der Waals surface area contributed by atoms with Crippen LogP contribution in [0.25, 0.3) is 11.1 Å². The van der Waals surface area contributed by atoms with Crippen LogP contribution in [-0.2, 0) is 9.47 Å². The van der Waals surface area contributed by atoms with E-state index in [-0.39, 0.29) is 41.3 Å². The van der Waals surface area contributed by atoms with Crippen molar-refractivity contribution in [1.29, 1.82) is 0 Å². The average Bonchev–Trinajstić information content (AvgIpc) is 2.78. The fraction of sp³-hybridized carbons (Fsp3) is 0.520. The van der Waals surface area contributed by atoms with Crippen LogP contribution in [0.15, 0.2) is 30.3 Å². The Balaban J connectivity index is 1.67. The standard InChI is InChI=1S/C25H31F3O3/c1-3-5-6-14-30-23-12-8-18(16-31-23)20-10-9-19(24(27)25(20)28)17-7-11-22(21(26)15-17)29-13-4-2/h7,9-11,15,18,23H,3-6,8,12-14,16H2,1-2H3. The van der Waals surface area contributed by atoms with Crippen LogP contribution in [-0.4, -0.2) is 26.1 Å². The molecule has 31 heavy (non-hydrogen) atoms. The third-order valence-electron chi connectivity index (χ3n) is 5.54. The molecule has 2 unspecified atom stereocenters. The third kappa shape index (κ3) is 6.01. The Morgan fingerprint density at radius 1 is 0.935 bits per heavy atom. The van der Waals surface area contributed by atoms with Gasteiger partial charge in [0.1, 0.15) is 0 Å². The largest absolute Gasteiger partial charge is 0.491 e. The van der Waals surface area contributed by atoms with Crippen LogP contribution in [0.1, 0.15) is 63.9 Å². The predicted molar refractivity (Wildman–Crippen MR) is 115 cm³/mol. The second-order valence-corrected chi connectivity index (χ2v) is 7.94. The van der Waals surface area contributed by atoms with Gasteiger partial charge in [0.15, 0.2) is 29.5 Å². The van der Waals surface area contributed by atoms with E-state index >= 15 is 0 Å². The monoisotopic (exact) mass is 436 g/mol. The van der Waals surface area contributed by atoms with Crippen molar-refractivity contribution in [2.75, 3.05) is 19.8 Å². The van der Waals surface area contributed by atoms with Crippen LogP contribution >= 0.6 is 0 Å². The predicted octanol–water partition coefficient (Wildman–Crippen LogP) is 6.99. The molecule has 170 valence electrons. The molecule has 0 spiro atoms. The Labute approximate surface area is 182 Å². The maximum Gasteiger partial charge on any atom is 0.166 e. The summed E-state index contributed by atoms with van der Waals surface area (Å²) in [6.45, 7) is 5.38. The molecule has 1 aliphatic rings. The molecule has 1 fully saturated rings. The van der Waals surface area contributed by atoms with Crippen LogP contribution in [0.3, 0.4) is 0 Å². The molecule has 2 aromatic carbocycles. The smallest absolute Gasteiger partial charge is 0.166 e. The Bertz CT molecular complexity index is 848. The molecule has 6 heteroatoms. The molecule has 0 aliphatic carbocycles. The van der Waals surface area contributed by atoms with Crippen molar-refractivity contribution in [2.45, 2.75) is 64.6 Å². The summed E-state index contributed by atoms with van der Waals surface area (Å²) in [5, 5.41) is 0. The Kier molecular flexibility index (Phi) is 8.79. The molecule has 3 nitrogen and oxygen atoms in total. The fourth-order valence-electron chi connectivity index (χ4n) is 3.77. The zero-order valence-corrected chi connectivity index (χ0v) is 18.3. The highest BCUT2D eigenvalue weighted by Gasteiger charge is 2.27. The van der Waals surface area contributed by atoms with Gasteiger partial charge in [0.05, 0.1) is 13.2 Å². The van der Waals surface area contributed by atoms with Crippen LogP contribution in [0.4, 0.5) is 13.2 Å². The highest BCUT2D eigenvalue weighted by Crippen LogP contribution is 2.35. The molecule has 0 bridgehead atoms. The van der Waals surface area contributed by atoms with Crippen LogP contribution in [0.2, 0.25) is 0 Å². The van der Waals surface area contributed by atoms with E-state index in [1.807, 2.05) is 6.92 Å². The molecule has 1 saturated heterocycles. The van der Waals surface area contributed by atoms with Crippen molar-refractivity contribution in [3.8, 4) is 16.9 Å². The first kappa shape index (κ1) is 23.6. The van der Waals surface area contributed by atoms with E-state index in [2.05, 4.69) is 6.92 Å². The second kappa shape index (κ2) is 11.5. The highest BCUT2D eigenvalue weighted by molar-refractivity contribution is 5.66. The number of hydrogen-bond donors (Lipinski definition) is 0. The average molecular weight is 437 g/mol. The van der Waals surface area contributed by atoms with Crippen LogP contribution < -0.4 is 4.74 Å². The molecular weight excluding hydrogens is 405 g/mol.